The first-order valence-corrected chi connectivity index (χ1v) is 11.5. The van der Waals surface area contributed by atoms with Crippen molar-refractivity contribution < 1.29 is 0 Å². The zero-order chi connectivity index (χ0) is 21.0. The lowest BCUT2D eigenvalue weighted by Crippen LogP contribution is -2.45. The summed E-state index contributed by atoms with van der Waals surface area (Å²) >= 11 is 0. The summed E-state index contributed by atoms with van der Waals surface area (Å²) in [7, 11) is 4.52. The molecule has 1 aliphatic carbocycles. The number of pyridine rings is 1. The molecule has 1 aliphatic rings. The summed E-state index contributed by atoms with van der Waals surface area (Å²) in [6.45, 7) is 2.30. The maximum atomic E-state index is 4.16. The van der Waals surface area contributed by atoms with Gasteiger partial charge in [0, 0.05) is 34.5 Å². The number of benzene rings is 1. The van der Waals surface area contributed by atoms with Crippen molar-refractivity contribution in [2.45, 2.75) is 63.8 Å². The maximum Gasteiger partial charge on any atom is 0.0461 e. The second kappa shape index (κ2) is 9.18. The number of para-hydroxylation sites is 1. The van der Waals surface area contributed by atoms with E-state index in [2.05, 4.69) is 78.4 Å². The number of nitrogens with zero attached hydrogens (tertiary/aromatic N) is 2. The average molecular weight is 402 g/mol. The minimum atomic E-state index is 0.322. The quantitative estimate of drug-likeness (QED) is 0.473. The molecule has 3 aromatic rings. The van der Waals surface area contributed by atoms with Crippen LogP contribution in [0.3, 0.4) is 0 Å². The molecule has 1 N–H and O–H groups in total. The normalized spacial score (nSPS) is 19.4. The summed E-state index contributed by atoms with van der Waals surface area (Å²) in [5.41, 5.74) is 7.28. The van der Waals surface area contributed by atoms with Crippen molar-refractivity contribution in [1.29, 1.82) is 0 Å². The Bertz CT molecular complexity index is 999. The predicted octanol–water partition coefficient (Wildman–Crippen LogP) is 6.41. The zero-order valence-corrected chi connectivity index (χ0v) is 18.7. The third-order valence-electron chi connectivity index (χ3n) is 7.08. The number of nitrogens with one attached hydrogen (secondary N) is 1. The van der Waals surface area contributed by atoms with Gasteiger partial charge in [-0.3, -0.25) is 4.98 Å². The third kappa shape index (κ3) is 4.22. The van der Waals surface area contributed by atoms with Gasteiger partial charge in [0.2, 0.25) is 0 Å². The van der Waals surface area contributed by atoms with Crippen LogP contribution >= 0.6 is 0 Å². The van der Waals surface area contributed by atoms with Crippen LogP contribution in [0.1, 0.15) is 62.3 Å². The van der Waals surface area contributed by atoms with E-state index in [1.165, 1.54) is 59.0 Å². The molecule has 2 aromatic heterocycles. The molecular weight excluding hydrogens is 366 g/mol. The van der Waals surface area contributed by atoms with Crippen molar-refractivity contribution in [2.75, 3.05) is 14.1 Å². The van der Waals surface area contributed by atoms with E-state index < -0.39 is 0 Å². The smallest absolute Gasteiger partial charge is 0.0461 e. The molecule has 0 amide bonds. The van der Waals surface area contributed by atoms with Gasteiger partial charge in [-0.2, -0.15) is 0 Å². The van der Waals surface area contributed by atoms with E-state index >= 15 is 0 Å². The second-order valence-electron chi connectivity index (χ2n) is 9.04. The third-order valence-corrected chi connectivity index (χ3v) is 7.08. The van der Waals surface area contributed by atoms with Gasteiger partial charge in [0.1, 0.15) is 0 Å². The summed E-state index contributed by atoms with van der Waals surface area (Å²) in [6.07, 6.45) is 15.8. The minimum absolute atomic E-state index is 0.322. The van der Waals surface area contributed by atoms with Crippen LogP contribution in [-0.4, -0.2) is 34.5 Å². The summed E-state index contributed by atoms with van der Waals surface area (Å²) in [5, 5.41) is 1.37. The fraction of sp³-hybridized carbons (Fsp3) is 0.444. The minimum Gasteiger partial charge on any atom is -0.355 e. The first-order valence-electron chi connectivity index (χ1n) is 11.5. The average Bonchev–Trinajstić information content (AvgIpc) is 3.15. The molecular formula is C27H35N3. The number of unbranched alkanes of at least 4 members (excludes halogenated alkanes) is 1. The number of hydrogen-bond donors (Lipinski definition) is 1. The molecule has 3 heteroatoms. The van der Waals surface area contributed by atoms with E-state index in [0.717, 1.165) is 25.7 Å². The molecule has 0 fully saturated rings. The topological polar surface area (TPSA) is 31.9 Å². The number of rotatable bonds is 8. The van der Waals surface area contributed by atoms with Crippen molar-refractivity contribution >= 4 is 16.5 Å². The summed E-state index contributed by atoms with van der Waals surface area (Å²) in [5.74, 6) is 0. The van der Waals surface area contributed by atoms with Crippen LogP contribution < -0.4 is 0 Å². The molecule has 0 saturated heterocycles. The lowest BCUT2D eigenvalue weighted by atomic mass is 9.77. The Hall–Kier alpha value is -2.39. The fourth-order valence-corrected chi connectivity index (χ4v) is 5.03. The Morgan fingerprint density at radius 2 is 1.87 bits per heavy atom. The molecule has 4 rings (SSSR count). The van der Waals surface area contributed by atoms with Gasteiger partial charge in [0.15, 0.2) is 0 Å². The van der Waals surface area contributed by atoms with Crippen LogP contribution in [0, 0.1) is 0 Å². The molecule has 0 radical (unpaired) electrons. The molecule has 0 aliphatic heterocycles. The summed E-state index contributed by atoms with van der Waals surface area (Å²) < 4.78 is 0. The van der Waals surface area contributed by atoms with Crippen LogP contribution in [0.25, 0.3) is 16.5 Å². The highest BCUT2D eigenvalue weighted by atomic mass is 15.1. The van der Waals surface area contributed by atoms with Crippen molar-refractivity contribution in [1.82, 2.24) is 14.9 Å². The highest BCUT2D eigenvalue weighted by Crippen LogP contribution is 2.40. The van der Waals surface area contributed by atoms with Crippen molar-refractivity contribution in [2.24, 2.45) is 0 Å². The predicted molar refractivity (Wildman–Crippen MR) is 128 cm³/mol. The van der Waals surface area contributed by atoms with Gasteiger partial charge in [-0.1, -0.05) is 44.0 Å². The highest BCUT2D eigenvalue weighted by molar-refractivity contribution is 5.89. The van der Waals surface area contributed by atoms with E-state index in [1.54, 1.807) is 0 Å². The van der Waals surface area contributed by atoms with Gasteiger partial charge in [-0.15, -0.1) is 0 Å². The Kier molecular flexibility index (Phi) is 6.38. The van der Waals surface area contributed by atoms with E-state index in [4.69, 9.17) is 0 Å². The standard InChI is InChI=1S/C27H35N3/c1-4-5-16-27(30(2)3)17-12-22(13-18-27)26-24(11-10-21-14-19-28-20-15-21)23-8-6-7-9-25(23)29-26/h6-9,12,14-15,19-20,29H,4-5,10-11,13,16-18H2,1-3H3. The molecule has 2 heterocycles. The molecule has 3 nitrogen and oxygen atoms in total. The van der Waals surface area contributed by atoms with E-state index in [0.29, 0.717) is 5.54 Å². The highest BCUT2D eigenvalue weighted by Gasteiger charge is 2.34. The number of fused-ring (bicyclic) bond motifs is 1. The van der Waals surface area contributed by atoms with Gasteiger partial charge < -0.3 is 9.88 Å². The number of H-pyrrole nitrogens is 1. The number of allylic oxidation sites excluding steroid dienone is 1. The Morgan fingerprint density at radius 3 is 2.57 bits per heavy atom. The van der Waals surface area contributed by atoms with Crippen molar-refractivity contribution in [3.05, 3.63) is 71.7 Å². The van der Waals surface area contributed by atoms with E-state index in [1.807, 2.05) is 12.4 Å². The zero-order valence-electron chi connectivity index (χ0n) is 18.7. The molecule has 0 spiro atoms. The second-order valence-corrected chi connectivity index (χ2v) is 9.04. The Labute approximate surface area is 181 Å². The monoisotopic (exact) mass is 401 g/mol. The first kappa shape index (κ1) is 20.9. The molecule has 1 aromatic carbocycles. The largest absolute Gasteiger partial charge is 0.355 e. The van der Waals surface area contributed by atoms with Crippen LogP contribution in [0.15, 0.2) is 54.9 Å². The van der Waals surface area contributed by atoms with Gasteiger partial charge in [0.25, 0.3) is 0 Å². The number of hydrogen-bond acceptors (Lipinski definition) is 2. The van der Waals surface area contributed by atoms with Gasteiger partial charge in [0.05, 0.1) is 0 Å². The Balaban J connectivity index is 1.64. The molecule has 30 heavy (non-hydrogen) atoms. The first-order chi connectivity index (χ1) is 14.6. The van der Waals surface area contributed by atoms with Crippen LogP contribution in [0.2, 0.25) is 0 Å². The lowest BCUT2D eigenvalue weighted by Gasteiger charge is -2.42. The Morgan fingerprint density at radius 1 is 1.07 bits per heavy atom. The fourth-order valence-electron chi connectivity index (χ4n) is 5.03. The van der Waals surface area contributed by atoms with Crippen LogP contribution in [0.5, 0.6) is 0 Å². The number of aromatic amines is 1. The van der Waals surface area contributed by atoms with Crippen LogP contribution in [-0.2, 0) is 12.8 Å². The number of aryl methyl sites for hydroxylation is 2. The van der Waals surface area contributed by atoms with Gasteiger partial charge in [-0.25, -0.2) is 0 Å². The molecule has 1 unspecified atom stereocenters. The molecule has 0 bridgehead atoms. The molecule has 0 saturated carbocycles. The lowest BCUT2D eigenvalue weighted by molar-refractivity contribution is 0.124. The SMILES string of the molecule is CCCCC1(N(C)C)CC=C(c2[nH]c3ccccc3c2CCc2ccncc2)CC1. The maximum absolute atomic E-state index is 4.16. The van der Waals surface area contributed by atoms with E-state index in [9.17, 15) is 0 Å². The van der Waals surface area contributed by atoms with Gasteiger partial charge >= 0.3 is 0 Å². The van der Waals surface area contributed by atoms with Crippen molar-refractivity contribution in [3.8, 4) is 0 Å². The number of aromatic nitrogens is 2. The molecule has 1 atom stereocenters. The summed E-state index contributed by atoms with van der Waals surface area (Å²) in [6, 6.07) is 13.0. The van der Waals surface area contributed by atoms with E-state index in [-0.39, 0.29) is 0 Å². The summed E-state index contributed by atoms with van der Waals surface area (Å²) in [4.78, 5) is 10.4. The van der Waals surface area contributed by atoms with Crippen LogP contribution in [0.4, 0.5) is 0 Å². The van der Waals surface area contributed by atoms with Gasteiger partial charge in [-0.05, 0) is 87.5 Å². The van der Waals surface area contributed by atoms with Crippen molar-refractivity contribution in [3.63, 3.8) is 0 Å². The molecule has 158 valence electrons.